The molecule has 0 aromatic heterocycles. The largest absolute Gasteiger partial charge is 0.493 e. The molecule has 1 rings (SSSR count). The average Bonchev–Trinajstić information content (AvgIpc) is 2.38. The quantitative estimate of drug-likeness (QED) is 0.413. The first kappa shape index (κ1) is 15.4. The SMILES string of the molecule is C=CCSCCNC(=O)CCOc1cccc(N)c1. The number of hydrogen-bond donors (Lipinski definition) is 2. The van der Waals surface area contributed by atoms with E-state index >= 15 is 0 Å². The molecule has 0 saturated heterocycles. The van der Waals surface area contributed by atoms with Crippen LogP contribution in [0.25, 0.3) is 0 Å². The van der Waals surface area contributed by atoms with E-state index in [1.54, 1.807) is 23.9 Å². The number of nitrogen functional groups attached to an aromatic ring is 1. The summed E-state index contributed by atoms with van der Waals surface area (Å²) in [7, 11) is 0. The normalized spacial score (nSPS) is 9.89. The molecule has 0 bridgehead atoms. The molecule has 4 nitrogen and oxygen atoms in total. The van der Waals surface area contributed by atoms with E-state index in [9.17, 15) is 4.79 Å². The van der Waals surface area contributed by atoms with Crippen LogP contribution in [0.2, 0.25) is 0 Å². The van der Waals surface area contributed by atoms with Gasteiger partial charge >= 0.3 is 0 Å². The van der Waals surface area contributed by atoms with Crippen LogP contribution in [-0.2, 0) is 4.79 Å². The predicted molar refractivity (Wildman–Crippen MR) is 81.5 cm³/mol. The second-order valence-corrected chi connectivity index (χ2v) is 5.03. The number of ether oxygens (including phenoxy) is 1. The van der Waals surface area contributed by atoms with Gasteiger partial charge in [0, 0.05) is 29.8 Å². The fraction of sp³-hybridized carbons (Fsp3) is 0.357. The van der Waals surface area contributed by atoms with E-state index in [0.29, 0.717) is 31.0 Å². The number of benzene rings is 1. The van der Waals surface area contributed by atoms with Crippen LogP contribution in [0.5, 0.6) is 5.75 Å². The number of carbonyl (C=O) groups excluding carboxylic acids is 1. The monoisotopic (exact) mass is 280 g/mol. The van der Waals surface area contributed by atoms with Crippen LogP contribution in [0.15, 0.2) is 36.9 Å². The van der Waals surface area contributed by atoms with E-state index in [1.165, 1.54) is 0 Å². The molecule has 0 aliphatic carbocycles. The van der Waals surface area contributed by atoms with Crippen LogP contribution >= 0.6 is 11.8 Å². The van der Waals surface area contributed by atoms with E-state index in [4.69, 9.17) is 10.5 Å². The summed E-state index contributed by atoms with van der Waals surface area (Å²) < 4.78 is 5.44. The number of carbonyl (C=O) groups is 1. The van der Waals surface area contributed by atoms with Gasteiger partial charge in [0.1, 0.15) is 5.75 Å². The standard InChI is InChI=1S/C14H20N2O2S/c1-2-9-19-10-7-16-14(17)6-8-18-13-5-3-4-12(15)11-13/h2-5,11H,1,6-10,15H2,(H,16,17). The summed E-state index contributed by atoms with van der Waals surface area (Å²) in [6, 6.07) is 7.17. The van der Waals surface area contributed by atoms with Crippen molar-refractivity contribution in [2.75, 3.05) is 30.4 Å². The van der Waals surface area contributed by atoms with Gasteiger partial charge in [0.25, 0.3) is 0 Å². The van der Waals surface area contributed by atoms with Crippen LogP contribution in [0.1, 0.15) is 6.42 Å². The third-order valence-electron chi connectivity index (χ3n) is 2.26. The summed E-state index contributed by atoms with van der Waals surface area (Å²) in [5, 5.41) is 2.84. The second-order valence-electron chi connectivity index (χ2n) is 3.88. The molecule has 0 aliphatic rings. The summed E-state index contributed by atoms with van der Waals surface area (Å²) in [6.45, 7) is 4.67. The molecule has 0 atom stereocenters. The maximum atomic E-state index is 11.5. The van der Waals surface area contributed by atoms with Gasteiger partial charge in [-0.05, 0) is 12.1 Å². The van der Waals surface area contributed by atoms with E-state index in [0.717, 1.165) is 11.5 Å². The zero-order chi connectivity index (χ0) is 13.9. The smallest absolute Gasteiger partial charge is 0.223 e. The summed E-state index contributed by atoms with van der Waals surface area (Å²) in [4.78, 5) is 11.5. The molecule has 0 fully saturated rings. The van der Waals surface area contributed by atoms with Crippen LogP contribution in [-0.4, -0.2) is 30.6 Å². The first-order valence-electron chi connectivity index (χ1n) is 6.16. The Balaban J connectivity index is 2.08. The lowest BCUT2D eigenvalue weighted by molar-refractivity contribution is -0.121. The van der Waals surface area contributed by atoms with Crippen molar-refractivity contribution in [1.29, 1.82) is 0 Å². The lowest BCUT2D eigenvalue weighted by Gasteiger charge is -2.07. The molecule has 0 saturated carbocycles. The molecule has 0 spiro atoms. The Morgan fingerprint density at radius 2 is 2.37 bits per heavy atom. The van der Waals surface area contributed by atoms with Gasteiger partial charge in [-0.2, -0.15) is 11.8 Å². The molecule has 5 heteroatoms. The van der Waals surface area contributed by atoms with Crippen LogP contribution in [0, 0.1) is 0 Å². The highest BCUT2D eigenvalue weighted by molar-refractivity contribution is 7.99. The van der Waals surface area contributed by atoms with Crippen molar-refractivity contribution in [2.24, 2.45) is 0 Å². The van der Waals surface area contributed by atoms with Crippen molar-refractivity contribution in [1.82, 2.24) is 5.32 Å². The summed E-state index contributed by atoms with van der Waals surface area (Å²) >= 11 is 1.74. The average molecular weight is 280 g/mol. The van der Waals surface area contributed by atoms with Crippen molar-refractivity contribution in [2.45, 2.75) is 6.42 Å². The Bertz CT molecular complexity index is 410. The Kier molecular flexibility index (Phi) is 7.58. The molecule has 0 heterocycles. The van der Waals surface area contributed by atoms with Crippen molar-refractivity contribution >= 4 is 23.4 Å². The van der Waals surface area contributed by atoms with E-state index in [2.05, 4.69) is 11.9 Å². The molecular formula is C14H20N2O2S. The Morgan fingerprint density at radius 3 is 3.11 bits per heavy atom. The third kappa shape index (κ3) is 7.41. The Labute approximate surface area is 118 Å². The van der Waals surface area contributed by atoms with E-state index in [1.807, 2.05) is 18.2 Å². The summed E-state index contributed by atoms with van der Waals surface area (Å²) in [6.07, 6.45) is 2.20. The fourth-order valence-corrected chi connectivity index (χ4v) is 1.96. The topological polar surface area (TPSA) is 64.3 Å². The minimum Gasteiger partial charge on any atom is -0.493 e. The Morgan fingerprint density at radius 1 is 1.53 bits per heavy atom. The molecule has 0 aliphatic heterocycles. The Hall–Kier alpha value is -1.62. The summed E-state index contributed by atoms with van der Waals surface area (Å²) in [5.41, 5.74) is 6.28. The van der Waals surface area contributed by atoms with E-state index < -0.39 is 0 Å². The van der Waals surface area contributed by atoms with Gasteiger partial charge in [0.05, 0.1) is 13.0 Å². The first-order valence-corrected chi connectivity index (χ1v) is 7.31. The number of anilines is 1. The van der Waals surface area contributed by atoms with Gasteiger partial charge in [-0.1, -0.05) is 12.1 Å². The maximum Gasteiger partial charge on any atom is 0.223 e. The molecule has 0 unspecified atom stereocenters. The van der Waals surface area contributed by atoms with Crippen LogP contribution in [0.4, 0.5) is 5.69 Å². The second kappa shape index (κ2) is 9.33. The number of hydrogen-bond acceptors (Lipinski definition) is 4. The highest BCUT2D eigenvalue weighted by Gasteiger charge is 2.01. The zero-order valence-corrected chi connectivity index (χ0v) is 11.7. The minimum absolute atomic E-state index is 0.00288. The van der Waals surface area contributed by atoms with Gasteiger partial charge in [0.2, 0.25) is 5.91 Å². The lowest BCUT2D eigenvalue weighted by Crippen LogP contribution is -2.27. The molecule has 1 amide bonds. The minimum atomic E-state index is 0.00288. The number of rotatable bonds is 9. The molecule has 0 radical (unpaired) electrons. The van der Waals surface area contributed by atoms with Crippen molar-refractivity contribution in [3.63, 3.8) is 0 Å². The fourth-order valence-electron chi connectivity index (χ4n) is 1.38. The van der Waals surface area contributed by atoms with Crippen molar-refractivity contribution in [3.05, 3.63) is 36.9 Å². The van der Waals surface area contributed by atoms with Gasteiger partial charge in [-0.3, -0.25) is 4.79 Å². The van der Waals surface area contributed by atoms with Crippen LogP contribution < -0.4 is 15.8 Å². The number of nitrogens with two attached hydrogens (primary N) is 1. The molecule has 1 aromatic carbocycles. The molecule has 3 N–H and O–H groups in total. The maximum absolute atomic E-state index is 11.5. The number of amides is 1. The molecule has 104 valence electrons. The van der Waals surface area contributed by atoms with Gasteiger partial charge in [-0.15, -0.1) is 6.58 Å². The van der Waals surface area contributed by atoms with Gasteiger partial charge in [0.15, 0.2) is 0 Å². The molecule has 19 heavy (non-hydrogen) atoms. The zero-order valence-electron chi connectivity index (χ0n) is 10.9. The number of thioether (sulfide) groups is 1. The lowest BCUT2D eigenvalue weighted by atomic mass is 10.3. The summed E-state index contributed by atoms with van der Waals surface area (Å²) in [5.74, 6) is 2.50. The number of nitrogens with one attached hydrogen (secondary N) is 1. The van der Waals surface area contributed by atoms with Crippen molar-refractivity contribution in [3.8, 4) is 5.75 Å². The predicted octanol–water partition coefficient (Wildman–Crippen LogP) is 2.07. The highest BCUT2D eigenvalue weighted by Crippen LogP contribution is 2.14. The van der Waals surface area contributed by atoms with Crippen LogP contribution in [0.3, 0.4) is 0 Å². The van der Waals surface area contributed by atoms with Gasteiger partial charge < -0.3 is 15.8 Å². The molecular weight excluding hydrogens is 260 g/mol. The van der Waals surface area contributed by atoms with Crippen molar-refractivity contribution < 1.29 is 9.53 Å². The van der Waals surface area contributed by atoms with Gasteiger partial charge in [-0.25, -0.2) is 0 Å². The molecule has 1 aromatic rings. The highest BCUT2D eigenvalue weighted by atomic mass is 32.2. The third-order valence-corrected chi connectivity index (χ3v) is 3.22. The first-order chi connectivity index (χ1) is 9.22. The van der Waals surface area contributed by atoms with E-state index in [-0.39, 0.29) is 5.91 Å².